The third-order valence-electron chi connectivity index (χ3n) is 2.09. The smallest absolute Gasteiger partial charge is 0.292 e. The highest BCUT2D eigenvalue weighted by molar-refractivity contribution is 5.60. The van der Waals surface area contributed by atoms with Crippen LogP contribution in [-0.4, -0.2) is 21.2 Å². The van der Waals surface area contributed by atoms with Crippen molar-refractivity contribution in [3.05, 3.63) is 33.6 Å². The predicted molar refractivity (Wildman–Crippen MR) is 54.0 cm³/mol. The fourth-order valence-corrected chi connectivity index (χ4v) is 1.22. The van der Waals surface area contributed by atoms with E-state index in [4.69, 9.17) is 16.1 Å². The van der Waals surface area contributed by atoms with Gasteiger partial charge in [0.25, 0.3) is 5.69 Å². The number of anilines is 1. The van der Waals surface area contributed by atoms with E-state index < -0.39 is 39.9 Å². The fourth-order valence-electron chi connectivity index (χ4n) is 1.22. The number of benzene rings is 1. The number of aliphatic hydroxyl groups excluding tert-OH is 2. The molecule has 0 amide bonds. The molecule has 0 spiro atoms. The van der Waals surface area contributed by atoms with E-state index in [-0.39, 0.29) is 0 Å². The molecular formula is C9H8FN3O4. The van der Waals surface area contributed by atoms with Crippen LogP contribution in [0.5, 0.6) is 0 Å². The van der Waals surface area contributed by atoms with E-state index in [0.717, 1.165) is 0 Å². The number of hydrogen-bond acceptors (Lipinski definition) is 6. The number of nitrogens with zero attached hydrogens (tertiary/aromatic N) is 2. The van der Waals surface area contributed by atoms with E-state index in [1.54, 1.807) is 0 Å². The Labute approximate surface area is 94.7 Å². The van der Waals surface area contributed by atoms with Gasteiger partial charge < -0.3 is 15.9 Å². The standard InChI is InChI=1S/C9H8FN3O4/c10-5-2-6(12)7(13(16)17)1-4(5)9(15)8(14)3-11/h1-2,8-9,14-15H,12H2. The van der Waals surface area contributed by atoms with E-state index in [1.165, 1.54) is 6.07 Å². The number of nitriles is 1. The minimum absolute atomic E-state index is 0.408. The van der Waals surface area contributed by atoms with Crippen molar-refractivity contribution in [1.29, 1.82) is 5.26 Å². The first-order chi connectivity index (χ1) is 7.88. The Morgan fingerprint density at radius 1 is 1.53 bits per heavy atom. The highest BCUT2D eigenvalue weighted by Gasteiger charge is 2.25. The number of hydrogen-bond donors (Lipinski definition) is 3. The molecule has 0 aliphatic carbocycles. The summed E-state index contributed by atoms with van der Waals surface area (Å²) >= 11 is 0. The summed E-state index contributed by atoms with van der Waals surface area (Å²) in [5, 5.41) is 37.3. The molecule has 90 valence electrons. The lowest BCUT2D eigenvalue weighted by atomic mass is 10.0. The summed E-state index contributed by atoms with van der Waals surface area (Å²) < 4.78 is 13.4. The van der Waals surface area contributed by atoms with Gasteiger partial charge in [-0.25, -0.2) is 4.39 Å². The summed E-state index contributed by atoms with van der Waals surface area (Å²) in [6, 6.07) is 2.64. The molecule has 2 unspecified atom stereocenters. The largest absolute Gasteiger partial charge is 0.393 e. The van der Waals surface area contributed by atoms with Crippen molar-refractivity contribution in [3.63, 3.8) is 0 Å². The van der Waals surface area contributed by atoms with E-state index >= 15 is 0 Å². The summed E-state index contributed by atoms with van der Waals surface area (Å²) in [5.74, 6) is -1.03. The number of nitro benzene ring substituents is 1. The molecular weight excluding hydrogens is 233 g/mol. The highest BCUT2D eigenvalue weighted by atomic mass is 19.1. The van der Waals surface area contributed by atoms with Crippen LogP contribution in [0.1, 0.15) is 11.7 Å². The first-order valence-electron chi connectivity index (χ1n) is 4.37. The maximum absolute atomic E-state index is 13.4. The van der Waals surface area contributed by atoms with Crippen molar-refractivity contribution >= 4 is 11.4 Å². The molecule has 1 rings (SSSR count). The molecule has 0 aliphatic rings. The van der Waals surface area contributed by atoms with Gasteiger partial charge in [-0.05, 0) is 0 Å². The van der Waals surface area contributed by atoms with Gasteiger partial charge in [0.05, 0.1) is 11.0 Å². The zero-order valence-corrected chi connectivity index (χ0v) is 8.37. The Bertz CT molecular complexity index is 500. The van der Waals surface area contributed by atoms with E-state index in [1.807, 2.05) is 0 Å². The maximum atomic E-state index is 13.4. The van der Waals surface area contributed by atoms with Crippen molar-refractivity contribution in [2.24, 2.45) is 0 Å². The Kier molecular flexibility index (Phi) is 3.57. The highest BCUT2D eigenvalue weighted by Crippen LogP contribution is 2.29. The van der Waals surface area contributed by atoms with Crippen LogP contribution >= 0.6 is 0 Å². The number of nitrogens with two attached hydrogens (primary N) is 1. The summed E-state index contributed by atoms with van der Waals surface area (Å²) in [6.07, 6.45) is -3.76. The average molecular weight is 241 g/mol. The molecule has 0 heterocycles. The van der Waals surface area contributed by atoms with Gasteiger partial charge in [-0.1, -0.05) is 0 Å². The molecule has 4 N–H and O–H groups in total. The molecule has 0 saturated heterocycles. The van der Waals surface area contributed by atoms with Crippen LogP contribution in [0.3, 0.4) is 0 Å². The topological polar surface area (TPSA) is 133 Å². The Morgan fingerprint density at radius 3 is 2.59 bits per heavy atom. The molecule has 0 radical (unpaired) electrons. The van der Waals surface area contributed by atoms with Gasteiger partial charge in [-0.3, -0.25) is 10.1 Å². The third kappa shape index (κ3) is 2.47. The molecule has 0 aliphatic heterocycles. The monoisotopic (exact) mass is 241 g/mol. The maximum Gasteiger partial charge on any atom is 0.292 e. The van der Waals surface area contributed by atoms with Crippen molar-refractivity contribution < 1.29 is 19.5 Å². The van der Waals surface area contributed by atoms with Gasteiger partial charge in [0.2, 0.25) is 0 Å². The van der Waals surface area contributed by atoms with Gasteiger partial charge in [0.15, 0.2) is 6.10 Å². The molecule has 17 heavy (non-hydrogen) atoms. The van der Waals surface area contributed by atoms with Crippen molar-refractivity contribution in [3.8, 4) is 6.07 Å². The summed E-state index contributed by atoms with van der Waals surface area (Å²) in [5.41, 5.74) is 3.64. The van der Waals surface area contributed by atoms with Crippen molar-refractivity contribution in [1.82, 2.24) is 0 Å². The summed E-state index contributed by atoms with van der Waals surface area (Å²) in [4.78, 5) is 9.68. The predicted octanol–water partition coefficient (Wildman–Crippen LogP) is 0.234. The van der Waals surface area contributed by atoms with Crippen LogP contribution in [0, 0.1) is 27.3 Å². The number of nitrogen functional groups attached to an aromatic ring is 1. The first-order valence-corrected chi connectivity index (χ1v) is 4.37. The fraction of sp³-hybridized carbons (Fsp3) is 0.222. The Balaban J connectivity index is 3.30. The van der Waals surface area contributed by atoms with Crippen LogP contribution in [0.4, 0.5) is 15.8 Å². The van der Waals surface area contributed by atoms with Gasteiger partial charge in [-0.2, -0.15) is 5.26 Å². The lowest BCUT2D eigenvalue weighted by Crippen LogP contribution is -2.17. The van der Waals surface area contributed by atoms with Crippen molar-refractivity contribution in [2.75, 3.05) is 5.73 Å². The minimum atomic E-state index is -1.88. The van der Waals surface area contributed by atoms with Gasteiger partial charge in [-0.15, -0.1) is 0 Å². The number of aliphatic hydroxyl groups is 2. The van der Waals surface area contributed by atoms with Gasteiger partial charge >= 0.3 is 0 Å². The number of nitro groups is 1. The minimum Gasteiger partial charge on any atom is -0.393 e. The number of halogens is 1. The summed E-state index contributed by atoms with van der Waals surface area (Å²) in [6.45, 7) is 0. The molecule has 0 aromatic heterocycles. The second-order valence-corrected chi connectivity index (χ2v) is 3.21. The second kappa shape index (κ2) is 4.73. The quantitative estimate of drug-likeness (QED) is 0.300. The molecule has 1 aromatic carbocycles. The van der Waals surface area contributed by atoms with Crippen LogP contribution in [0.25, 0.3) is 0 Å². The average Bonchev–Trinajstić information content (AvgIpc) is 2.26. The lowest BCUT2D eigenvalue weighted by molar-refractivity contribution is -0.384. The lowest BCUT2D eigenvalue weighted by Gasteiger charge is -2.13. The SMILES string of the molecule is N#CC(O)C(O)c1cc([N+](=O)[O-])c(N)cc1F. The second-order valence-electron chi connectivity index (χ2n) is 3.21. The van der Waals surface area contributed by atoms with E-state index in [2.05, 4.69) is 0 Å². The molecule has 0 saturated carbocycles. The van der Waals surface area contributed by atoms with Crippen LogP contribution in [-0.2, 0) is 0 Å². The van der Waals surface area contributed by atoms with Crippen molar-refractivity contribution in [2.45, 2.75) is 12.2 Å². The van der Waals surface area contributed by atoms with Crippen LogP contribution < -0.4 is 5.73 Å². The molecule has 0 fully saturated rings. The van der Waals surface area contributed by atoms with Gasteiger partial charge in [0, 0.05) is 17.7 Å². The molecule has 8 heteroatoms. The third-order valence-corrected chi connectivity index (χ3v) is 2.09. The molecule has 7 nitrogen and oxygen atoms in total. The van der Waals surface area contributed by atoms with Gasteiger partial charge in [0.1, 0.15) is 17.6 Å². The van der Waals surface area contributed by atoms with Crippen LogP contribution in [0.15, 0.2) is 12.1 Å². The molecule has 1 aromatic rings. The van der Waals surface area contributed by atoms with E-state index in [9.17, 15) is 19.6 Å². The summed E-state index contributed by atoms with van der Waals surface area (Å²) in [7, 11) is 0. The number of rotatable bonds is 3. The van der Waals surface area contributed by atoms with Crippen LogP contribution in [0.2, 0.25) is 0 Å². The first kappa shape index (κ1) is 12.8. The zero-order chi connectivity index (χ0) is 13.2. The Morgan fingerprint density at radius 2 is 2.12 bits per heavy atom. The molecule has 0 bridgehead atoms. The molecule has 2 atom stereocenters. The zero-order valence-electron chi connectivity index (χ0n) is 8.37. The Hall–Kier alpha value is -2.24. The normalized spacial score (nSPS) is 13.8. The van der Waals surface area contributed by atoms with E-state index in [0.29, 0.717) is 12.1 Å².